The predicted molar refractivity (Wildman–Crippen MR) is 117 cm³/mol. The quantitative estimate of drug-likeness (QED) is 0.542. The zero-order valence-electron chi connectivity index (χ0n) is 18.7. The summed E-state index contributed by atoms with van der Waals surface area (Å²) in [6.07, 6.45) is -2.54. The minimum Gasteiger partial charge on any atom is -0.366 e. The Morgan fingerprint density at radius 1 is 1.18 bits per heavy atom. The summed E-state index contributed by atoms with van der Waals surface area (Å²) in [4.78, 5) is 35.4. The van der Waals surface area contributed by atoms with Crippen molar-refractivity contribution in [3.8, 4) is 0 Å². The van der Waals surface area contributed by atoms with Gasteiger partial charge in [-0.15, -0.1) is 5.10 Å². The molecule has 0 atom stereocenters. The van der Waals surface area contributed by atoms with Crippen molar-refractivity contribution >= 4 is 23.5 Å². The summed E-state index contributed by atoms with van der Waals surface area (Å²) < 4.78 is 38.5. The van der Waals surface area contributed by atoms with Gasteiger partial charge < -0.3 is 16.0 Å². The van der Waals surface area contributed by atoms with Crippen LogP contribution in [0.2, 0.25) is 0 Å². The van der Waals surface area contributed by atoms with Gasteiger partial charge in [-0.2, -0.15) is 22.7 Å². The highest BCUT2D eigenvalue weighted by Crippen LogP contribution is 2.29. The fourth-order valence-corrected chi connectivity index (χ4v) is 3.78. The third-order valence-electron chi connectivity index (χ3n) is 5.72. The largest absolute Gasteiger partial charge is 0.405 e. The van der Waals surface area contributed by atoms with Crippen LogP contribution in [-0.2, 0) is 17.8 Å². The van der Waals surface area contributed by atoms with Gasteiger partial charge in [-0.1, -0.05) is 12.1 Å². The third kappa shape index (κ3) is 5.26. The summed E-state index contributed by atoms with van der Waals surface area (Å²) in [7, 11) is 0. The molecule has 0 radical (unpaired) electrons. The summed E-state index contributed by atoms with van der Waals surface area (Å²) in [5.41, 5.74) is 8.74. The van der Waals surface area contributed by atoms with E-state index < -0.39 is 18.6 Å². The second-order valence-corrected chi connectivity index (χ2v) is 8.37. The van der Waals surface area contributed by atoms with Crippen LogP contribution in [-0.4, -0.2) is 55.1 Å². The number of alkyl halides is 3. The third-order valence-corrected chi connectivity index (χ3v) is 5.72. The van der Waals surface area contributed by atoms with Crippen molar-refractivity contribution in [1.82, 2.24) is 29.8 Å². The highest BCUT2D eigenvalue weighted by Gasteiger charge is 2.33. The molecule has 0 unspecified atom stereocenters. The zero-order valence-corrected chi connectivity index (χ0v) is 18.7. The summed E-state index contributed by atoms with van der Waals surface area (Å²) >= 11 is 0. The van der Waals surface area contributed by atoms with E-state index in [1.54, 1.807) is 17.0 Å². The van der Waals surface area contributed by atoms with Gasteiger partial charge in [-0.25, -0.2) is 4.98 Å². The zero-order chi connectivity index (χ0) is 24.6. The van der Waals surface area contributed by atoms with Crippen molar-refractivity contribution in [2.45, 2.75) is 51.9 Å². The number of aromatic nitrogens is 4. The summed E-state index contributed by atoms with van der Waals surface area (Å²) in [5.74, 6) is -0.396. The van der Waals surface area contributed by atoms with Gasteiger partial charge >= 0.3 is 6.18 Å². The van der Waals surface area contributed by atoms with Crippen molar-refractivity contribution < 1.29 is 22.8 Å². The molecule has 12 heteroatoms. The van der Waals surface area contributed by atoms with Crippen LogP contribution >= 0.6 is 0 Å². The molecule has 2 aromatic heterocycles. The number of rotatable bonds is 7. The van der Waals surface area contributed by atoms with E-state index in [0.29, 0.717) is 18.0 Å². The number of carbonyl (C=O) groups is 2. The van der Waals surface area contributed by atoms with E-state index in [2.05, 4.69) is 15.1 Å². The SMILES string of the molecule is Cc1nc2nc(N)nn2c(C)c1CC(=O)N(Cc1ccc(C(=O)NCC(F)(F)F)cc1)C1CC1. The minimum atomic E-state index is -4.47. The van der Waals surface area contributed by atoms with E-state index in [1.807, 2.05) is 19.2 Å². The predicted octanol–water partition coefficient (Wildman–Crippen LogP) is 2.35. The molecule has 0 bridgehead atoms. The number of nitrogens with one attached hydrogen (secondary N) is 1. The van der Waals surface area contributed by atoms with Gasteiger partial charge in [0.2, 0.25) is 11.9 Å². The van der Waals surface area contributed by atoms with Gasteiger partial charge in [0.15, 0.2) is 0 Å². The van der Waals surface area contributed by atoms with Crippen LogP contribution in [0.3, 0.4) is 0 Å². The average molecular weight is 475 g/mol. The van der Waals surface area contributed by atoms with Gasteiger partial charge in [-0.3, -0.25) is 9.59 Å². The maximum atomic E-state index is 13.3. The Morgan fingerprint density at radius 2 is 1.85 bits per heavy atom. The number of nitrogens with two attached hydrogens (primary N) is 1. The molecule has 1 aliphatic carbocycles. The first-order valence-electron chi connectivity index (χ1n) is 10.7. The summed E-state index contributed by atoms with van der Waals surface area (Å²) in [6.45, 7) is 2.59. The molecule has 3 aromatic rings. The molecule has 0 spiro atoms. The molecular formula is C22H24F3N7O2. The van der Waals surface area contributed by atoms with E-state index in [1.165, 1.54) is 16.6 Å². The highest BCUT2D eigenvalue weighted by molar-refractivity contribution is 5.94. The fourth-order valence-electron chi connectivity index (χ4n) is 3.78. The molecule has 1 aromatic carbocycles. The Kier molecular flexibility index (Phi) is 6.15. The van der Waals surface area contributed by atoms with Crippen molar-refractivity contribution in [3.05, 3.63) is 52.3 Å². The smallest absolute Gasteiger partial charge is 0.366 e. The molecule has 2 heterocycles. The van der Waals surface area contributed by atoms with Crippen LogP contribution in [0.25, 0.3) is 5.78 Å². The molecule has 1 aliphatic rings. The average Bonchev–Trinajstić information content (AvgIpc) is 3.54. The number of aryl methyl sites for hydroxylation is 2. The van der Waals surface area contributed by atoms with E-state index >= 15 is 0 Å². The fraction of sp³-hybridized carbons (Fsp3) is 0.409. The Labute approximate surface area is 193 Å². The van der Waals surface area contributed by atoms with Gasteiger partial charge in [0.1, 0.15) is 6.54 Å². The maximum absolute atomic E-state index is 13.3. The number of hydrogen-bond donors (Lipinski definition) is 2. The van der Waals surface area contributed by atoms with Crippen molar-refractivity contribution in [2.75, 3.05) is 12.3 Å². The number of halogens is 3. The van der Waals surface area contributed by atoms with Crippen molar-refractivity contribution in [3.63, 3.8) is 0 Å². The standard InChI is InChI=1S/C22H24F3N7O2/c1-12-17(13(2)32-21(28-12)29-20(26)30-32)9-18(33)31(16-7-8-16)10-14-3-5-15(6-4-14)19(34)27-11-22(23,24)25/h3-6,16H,7-11H2,1-2H3,(H2,26,30)(H,27,34). The van der Waals surface area contributed by atoms with E-state index in [-0.39, 0.29) is 29.9 Å². The molecular weight excluding hydrogens is 451 g/mol. The van der Waals surface area contributed by atoms with Crippen LogP contribution in [0.5, 0.6) is 0 Å². The van der Waals surface area contributed by atoms with Crippen LogP contribution in [0.1, 0.15) is 45.7 Å². The lowest BCUT2D eigenvalue weighted by Gasteiger charge is -2.23. The summed E-state index contributed by atoms with van der Waals surface area (Å²) in [5, 5.41) is 5.98. The number of nitrogen functional groups attached to an aromatic ring is 1. The first-order valence-corrected chi connectivity index (χ1v) is 10.7. The molecule has 3 N–H and O–H groups in total. The minimum absolute atomic E-state index is 0.0741. The number of nitrogens with zero attached hydrogens (tertiary/aromatic N) is 5. The monoisotopic (exact) mass is 475 g/mol. The molecule has 34 heavy (non-hydrogen) atoms. The lowest BCUT2D eigenvalue weighted by molar-refractivity contribution is -0.131. The van der Waals surface area contributed by atoms with Crippen LogP contribution in [0.4, 0.5) is 19.1 Å². The first kappa shape index (κ1) is 23.5. The Balaban J connectivity index is 1.46. The lowest BCUT2D eigenvalue weighted by Crippen LogP contribution is -2.34. The molecule has 180 valence electrons. The number of hydrogen-bond acceptors (Lipinski definition) is 6. The Bertz CT molecular complexity index is 1230. The molecule has 9 nitrogen and oxygen atoms in total. The number of benzene rings is 1. The number of fused-ring (bicyclic) bond motifs is 1. The molecule has 0 aliphatic heterocycles. The molecule has 4 rings (SSSR count). The number of carbonyl (C=O) groups excluding carboxylic acids is 2. The molecule has 2 amide bonds. The van der Waals surface area contributed by atoms with Gasteiger partial charge in [0.25, 0.3) is 11.7 Å². The Morgan fingerprint density at radius 3 is 2.47 bits per heavy atom. The van der Waals surface area contributed by atoms with Crippen molar-refractivity contribution in [2.24, 2.45) is 0 Å². The van der Waals surface area contributed by atoms with Crippen LogP contribution < -0.4 is 11.1 Å². The van der Waals surface area contributed by atoms with E-state index in [9.17, 15) is 22.8 Å². The van der Waals surface area contributed by atoms with E-state index in [0.717, 1.165) is 29.7 Å². The normalized spacial score (nSPS) is 13.8. The first-order chi connectivity index (χ1) is 16.0. The Hall–Kier alpha value is -3.70. The van der Waals surface area contributed by atoms with Gasteiger partial charge in [0, 0.05) is 35.1 Å². The molecule has 1 fully saturated rings. The number of amides is 2. The van der Waals surface area contributed by atoms with Gasteiger partial charge in [0.05, 0.1) is 6.42 Å². The summed E-state index contributed by atoms with van der Waals surface area (Å²) in [6, 6.07) is 6.33. The van der Waals surface area contributed by atoms with Crippen LogP contribution in [0.15, 0.2) is 24.3 Å². The molecule has 0 saturated heterocycles. The highest BCUT2D eigenvalue weighted by atomic mass is 19.4. The topological polar surface area (TPSA) is 119 Å². The molecule has 1 saturated carbocycles. The second kappa shape index (κ2) is 8.92. The number of anilines is 1. The second-order valence-electron chi connectivity index (χ2n) is 8.37. The van der Waals surface area contributed by atoms with E-state index in [4.69, 9.17) is 5.73 Å². The van der Waals surface area contributed by atoms with Crippen LogP contribution in [0, 0.1) is 13.8 Å². The lowest BCUT2D eigenvalue weighted by atomic mass is 10.1. The van der Waals surface area contributed by atoms with Gasteiger partial charge in [-0.05, 0) is 44.4 Å². The maximum Gasteiger partial charge on any atom is 0.405 e. The van der Waals surface area contributed by atoms with Crippen molar-refractivity contribution in [1.29, 1.82) is 0 Å².